The Bertz CT molecular complexity index is 1160. The van der Waals surface area contributed by atoms with Crippen molar-refractivity contribution in [1.29, 1.82) is 0 Å². The van der Waals surface area contributed by atoms with E-state index in [1.54, 1.807) is 48.7 Å². The molecule has 0 bridgehead atoms. The summed E-state index contributed by atoms with van der Waals surface area (Å²) in [4.78, 5) is 31.8. The molecule has 2 amide bonds. The fraction of sp³-hybridized carbons (Fsp3) is 0.174. The van der Waals surface area contributed by atoms with Gasteiger partial charge >= 0.3 is 0 Å². The molecule has 4 N–H and O–H groups in total. The quantitative estimate of drug-likeness (QED) is 0.591. The summed E-state index contributed by atoms with van der Waals surface area (Å²) in [5.41, 5.74) is 13.8. The molecule has 1 aliphatic rings. The van der Waals surface area contributed by atoms with E-state index in [0.29, 0.717) is 29.5 Å². The zero-order valence-electron chi connectivity index (χ0n) is 16.5. The monoisotopic (exact) mass is 438 g/mol. The summed E-state index contributed by atoms with van der Waals surface area (Å²) in [6.45, 7) is 0. The molecule has 0 aliphatic heterocycles. The van der Waals surface area contributed by atoms with E-state index in [-0.39, 0.29) is 16.3 Å². The number of carbonyl (C=O) groups excluding carboxylic acids is 2. The van der Waals surface area contributed by atoms with E-state index in [4.69, 9.17) is 23.1 Å². The van der Waals surface area contributed by atoms with Gasteiger partial charge in [-0.2, -0.15) is 0 Å². The highest BCUT2D eigenvalue weighted by atomic mass is 35.5. The Hall–Kier alpha value is -3.45. The van der Waals surface area contributed by atoms with Crippen LogP contribution < -0.4 is 11.5 Å². The summed E-state index contributed by atoms with van der Waals surface area (Å²) in [5.74, 6) is -1.65. The predicted octanol–water partition coefficient (Wildman–Crippen LogP) is 3.81. The predicted molar refractivity (Wildman–Crippen MR) is 116 cm³/mol. The number of amides is 2. The Balaban J connectivity index is 1.90. The minimum Gasteiger partial charge on any atom is -0.398 e. The first-order valence-corrected chi connectivity index (χ1v) is 10.1. The Morgan fingerprint density at radius 1 is 1.19 bits per heavy atom. The molecule has 1 aromatic heterocycles. The second kappa shape index (κ2) is 8.35. The van der Waals surface area contributed by atoms with Crippen LogP contribution in [-0.2, 0) is 11.2 Å². The van der Waals surface area contributed by atoms with Crippen LogP contribution in [0.5, 0.6) is 0 Å². The molecule has 8 heteroatoms. The molecule has 3 aromatic rings. The molecule has 4 rings (SSSR count). The van der Waals surface area contributed by atoms with Crippen molar-refractivity contribution in [3.8, 4) is 0 Å². The van der Waals surface area contributed by atoms with Crippen molar-refractivity contribution in [2.24, 2.45) is 5.73 Å². The molecule has 2 atom stereocenters. The molecule has 6 nitrogen and oxygen atoms in total. The molecule has 0 radical (unpaired) electrons. The number of nitrogens with two attached hydrogens (primary N) is 2. The van der Waals surface area contributed by atoms with Gasteiger partial charge in [-0.1, -0.05) is 29.8 Å². The lowest BCUT2D eigenvalue weighted by molar-refractivity contribution is -0.123. The summed E-state index contributed by atoms with van der Waals surface area (Å²) in [6, 6.07) is 11.0. The van der Waals surface area contributed by atoms with Gasteiger partial charge in [0.05, 0.1) is 11.6 Å². The smallest absolute Gasteiger partial charge is 0.257 e. The van der Waals surface area contributed by atoms with Gasteiger partial charge in [0, 0.05) is 28.7 Å². The number of benzene rings is 2. The van der Waals surface area contributed by atoms with E-state index >= 15 is 0 Å². The highest BCUT2D eigenvalue weighted by molar-refractivity contribution is 6.30. The minimum absolute atomic E-state index is 0.215. The zero-order valence-corrected chi connectivity index (χ0v) is 17.2. The number of pyridine rings is 1. The number of rotatable bonds is 5. The molecule has 31 heavy (non-hydrogen) atoms. The maximum Gasteiger partial charge on any atom is 0.257 e. The summed E-state index contributed by atoms with van der Waals surface area (Å²) in [5, 5.41) is 0.215. The van der Waals surface area contributed by atoms with Gasteiger partial charge in [0.25, 0.3) is 5.91 Å². The van der Waals surface area contributed by atoms with Gasteiger partial charge in [-0.3, -0.25) is 14.6 Å². The highest BCUT2D eigenvalue weighted by Crippen LogP contribution is 2.43. The van der Waals surface area contributed by atoms with Gasteiger partial charge in [0.15, 0.2) is 0 Å². The molecule has 158 valence electrons. The van der Waals surface area contributed by atoms with Crippen LogP contribution in [0.25, 0.3) is 0 Å². The lowest BCUT2D eigenvalue weighted by atomic mass is 9.98. The van der Waals surface area contributed by atoms with Gasteiger partial charge in [0.1, 0.15) is 11.9 Å². The van der Waals surface area contributed by atoms with Gasteiger partial charge in [-0.05, 0) is 54.3 Å². The van der Waals surface area contributed by atoms with Crippen LogP contribution >= 0.6 is 11.6 Å². The molecule has 0 unspecified atom stereocenters. The van der Waals surface area contributed by atoms with Crippen LogP contribution in [0.4, 0.5) is 10.1 Å². The third kappa shape index (κ3) is 3.84. The maximum atomic E-state index is 14.5. The van der Waals surface area contributed by atoms with Crippen molar-refractivity contribution in [3.63, 3.8) is 0 Å². The molecule has 0 spiro atoms. The van der Waals surface area contributed by atoms with E-state index in [9.17, 15) is 14.0 Å². The SMILES string of the molecule is NC(=O)[C@@H](c1cccnc1)N(C(=O)c1ccccc1N)[C@@H]1CCc2c(F)cc(Cl)cc21. The number of aromatic nitrogens is 1. The Kier molecular flexibility index (Phi) is 5.61. The van der Waals surface area contributed by atoms with Crippen LogP contribution in [0.1, 0.15) is 45.6 Å². The number of anilines is 1. The van der Waals surface area contributed by atoms with Crippen molar-refractivity contribution in [3.05, 3.63) is 94.0 Å². The average molecular weight is 439 g/mol. The number of nitrogens with zero attached hydrogens (tertiary/aromatic N) is 2. The lowest BCUT2D eigenvalue weighted by Crippen LogP contribution is -2.43. The number of hydrogen-bond acceptors (Lipinski definition) is 4. The van der Waals surface area contributed by atoms with E-state index < -0.39 is 29.7 Å². The molecule has 2 aromatic carbocycles. The Labute approximate surface area is 183 Å². The number of para-hydroxylation sites is 1. The van der Waals surface area contributed by atoms with Crippen LogP contribution in [0, 0.1) is 5.82 Å². The van der Waals surface area contributed by atoms with Crippen molar-refractivity contribution in [2.75, 3.05) is 5.73 Å². The van der Waals surface area contributed by atoms with Crippen molar-refractivity contribution < 1.29 is 14.0 Å². The number of carbonyl (C=O) groups is 2. The molecular formula is C23H20ClFN4O2. The van der Waals surface area contributed by atoms with E-state index in [1.165, 1.54) is 17.2 Å². The summed E-state index contributed by atoms with van der Waals surface area (Å²) >= 11 is 6.11. The number of halogens is 2. The zero-order chi connectivity index (χ0) is 22.1. The highest BCUT2D eigenvalue weighted by Gasteiger charge is 2.40. The minimum atomic E-state index is -1.13. The molecule has 1 heterocycles. The molecular weight excluding hydrogens is 419 g/mol. The average Bonchev–Trinajstić information content (AvgIpc) is 3.16. The van der Waals surface area contributed by atoms with Crippen molar-refractivity contribution in [2.45, 2.75) is 24.9 Å². The first-order chi connectivity index (χ1) is 14.9. The number of fused-ring (bicyclic) bond motifs is 1. The largest absolute Gasteiger partial charge is 0.398 e. The second-order valence-corrected chi connectivity index (χ2v) is 7.84. The van der Waals surface area contributed by atoms with Crippen molar-refractivity contribution >= 4 is 29.1 Å². The standard InChI is InChI=1S/C23H20ClFN4O2/c24-14-10-17-15(18(25)11-14)7-8-20(17)29(23(31)16-5-1-2-6-19(16)26)21(22(27)30)13-4-3-9-28-12-13/h1-6,9-12,20-21H,7-8,26H2,(H2,27,30)/t20-,21-/m1/s1. The number of hydrogen-bond donors (Lipinski definition) is 2. The summed E-state index contributed by atoms with van der Waals surface area (Å²) in [6.07, 6.45) is 3.85. The van der Waals surface area contributed by atoms with Crippen LogP contribution in [-0.4, -0.2) is 21.7 Å². The van der Waals surface area contributed by atoms with Crippen LogP contribution in [0.3, 0.4) is 0 Å². The third-order valence-electron chi connectivity index (χ3n) is 5.53. The Morgan fingerprint density at radius 2 is 1.97 bits per heavy atom. The first-order valence-electron chi connectivity index (χ1n) is 9.72. The molecule has 0 saturated carbocycles. The maximum absolute atomic E-state index is 14.5. The first kappa shape index (κ1) is 20.8. The number of nitrogen functional groups attached to an aromatic ring is 1. The van der Waals surface area contributed by atoms with Crippen molar-refractivity contribution in [1.82, 2.24) is 9.88 Å². The van der Waals surface area contributed by atoms with Crippen LogP contribution in [0.2, 0.25) is 5.02 Å². The van der Waals surface area contributed by atoms with E-state index in [2.05, 4.69) is 4.98 Å². The molecule has 1 aliphatic carbocycles. The molecule has 0 saturated heterocycles. The molecule has 0 fully saturated rings. The summed E-state index contributed by atoms with van der Waals surface area (Å²) in [7, 11) is 0. The lowest BCUT2D eigenvalue weighted by Gasteiger charge is -2.36. The summed E-state index contributed by atoms with van der Waals surface area (Å²) < 4.78 is 14.5. The van der Waals surface area contributed by atoms with Gasteiger partial charge < -0.3 is 16.4 Å². The third-order valence-corrected chi connectivity index (χ3v) is 5.75. The topological polar surface area (TPSA) is 102 Å². The normalized spacial score (nSPS) is 15.9. The van der Waals surface area contributed by atoms with Gasteiger partial charge in [-0.15, -0.1) is 0 Å². The Morgan fingerprint density at radius 3 is 2.65 bits per heavy atom. The fourth-order valence-corrected chi connectivity index (χ4v) is 4.39. The van der Waals surface area contributed by atoms with Gasteiger partial charge in [-0.25, -0.2) is 4.39 Å². The van der Waals surface area contributed by atoms with Gasteiger partial charge in [0.2, 0.25) is 5.91 Å². The van der Waals surface area contributed by atoms with E-state index in [1.807, 2.05) is 0 Å². The fourth-order valence-electron chi connectivity index (χ4n) is 4.18. The van der Waals surface area contributed by atoms with E-state index in [0.717, 1.165) is 0 Å². The number of primary amides is 1. The second-order valence-electron chi connectivity index (χ2n) is 7.40. The van der Waals surface area contributed by atoms with Crippen LogP contribution in [0.15, 0.2) is 60.9 Å².